The molecule has 7 heteroatoms. The largest absolute Gasteiger partial charge is 0.396 e. The number of hydrogen-bond acceptors (Lipinski definition) is 2. The van der Waals surface area contributed by atoms with Gasteiger partial charge >= 0.3 is 6.18 Å². The van der Waals surface area contributed by atoms with E-state index >= 15 is 0 Å². The van der Waals surface area contributed by atoms with Gasteiger partial charge in [-0.05, 0) is 29.5 Å². The summed E-state index contributed by atoms with van der Waals surface area (Å²) in [5.41, 5.74) is 2.47. The monoisotopic (exact) mass is 418 g/mol. The van der Waals surface area contributed by atoms with Gasteiger partial charge in [-0.2, -0.15) is 13.2 Å². The molecule has 1 aliphatic rings. The Morgan fingerprint density at radius 2 is 1.67 bits per heavy atom. The lowest BCUT2D eigenvalue weighted by Crippen LogP contribution is -2.36. The maximum absolute atomic E-state index is 13.3. The Morgan fingerprint density at radius 3 is 2.37 bits per heavy atom. The van der Waals surface area contributed by atoms with Crippen LogP contribution in [0.25, 0.3) is 0 Å². The van der Waals surface area contributed by atoms with Crippen molar-refractivity contribution in [1.82, 2.24) is 10.2 Å². The molecule has 0 aromatic heterocycles. The Morgan fingerprint density at radius 1 is 1.00 bits per heavy atom. The fourth-order valence-corrected chi connectivity index (χ4v) is 3.70. The summed E-state index contributed by atoms with van der Waals surface area (Å²) in [6, 6.07) is 15.4. The Labute approximate surface area is 174 Å². The van der Waals surface area contributed by atoms with Crippen molar-refractivity contribution in [2.45, 2.75) is 44.3 Å². The van der Waals surface area contributed by atoms with E-state index < -0.39 is 24.4 Å². The molecule has 0 saturated heterocycles. The van der Waals surface area contributed by atoms with E-state index in [0.717, 1.165) is 12.0 Å². The number of rotatable bonds is 7. The van der Waals surface area contributed by atoms with Gasteiger partial charge in [0.05, 0.1) is 5.92 Å². The summed E-state index contributed by atoms with van der Waals surface area (Å²) >= 11 is 0. The third kappa shape index (κ3) is 5.84. The van der Waals surface area contributed by atoms with Crippen molar-refractivity contribution in [2.24, 2.45) is 0 Å². The average molecular weight is 418 g/mol. The predicted octanol–water partition coefficient (Wildman–Crippen LogP) is 4.20. The maximum Gasteiger partial charge on any atom is 0.396 e. The highest BCUT2D eigenvalue weighted by atomic mass is 19.4. The molecule has 2 aromatic carbocycles. The van der Waals surface area contributed by atoms with Gasteiger partial charge in [0, 0.05) is 32.5 Å². The van der Waals surface area contributed by atoms with E-state index in [2.05, 4.69) is 11.4 Å². The number of carbonyl (C=O) groups excluding carboxylic acids is 2. The molecule has 0 saturated carbocycles. The number of halogens is 3. The lowest BCUT2D eigenvalue weighted by molar-refractivity contribution is -0.157. The summed E-state index contributed by atoms with van der Waals surface area (Å²) < 4.78 is 40.0. The Hall–Kier alpha value is -2.83. The average Bonchev–Trinajstić information content (AvgIpc) is 2.74. The fraction of sp³-hybridized carbons (Fsp3) is 0.391. The SMILES string of the molecule is O=C(CC(c1ccccc1)C(F)(F)F)NCCCC(=O)N1CCc2ccccc2C1. The molecule has 0 fully saturated rings. The lowest BCUT2D eigenvalue weighted by Gasteiger charge is -2.29. The van der Waals surface area contributed by atoms with Gasteiger partial charge in [-0.1, -0.05) is 54.6 Å². The third-order valence-corrected chi connectivity index (χ3v) is 5.36. The zero-order chi connectivity index (χ0) is 21.6. The second-order valence-electron chi connectivity index (χ2n) is 7.50. The standard InChI is InChI=1S/C23H25F3N2O2/c24-23(25,26)20(18-8-2-1-3-9-18)15-21(29)27-13-6-11-22(30)28-14-12-17-7-4-5-10-19(17)16-28/h1-5,7-10,20H,6,11-16H2,(H,27,29). The molecule has 1 N–H and O–H groups in total. The minimum absolute atomic E-state index is 0.00351. The van der Waals surface area contributed by atoms with E-state index in [1.54, 1.807) is 11.0 Å². The molecule has 1 heterocycles. The van der Waals surface area contributed by atoms with Crippen LogP contribution < -0.4 is 5.32 Å². The molecule has 0 spiro atoms. The van der Waals surface area contributed by atoms with Crippen LogP contribution in [0.15, 0.2) is 54.6 Å². The zero-order valence-electron chi connectivity index (χ0n) is 16.6. The molecule has 1 aliphatic heterocycles. The number of alkyl halides is 3. The number of carbonyl (C=O) groups is 2. The summed E-state index contributed by atoms with van der Waals surface area (Å²) in [6.07, 6.45) is -3.70. The van der Waals surface area contributed by atoms with Crippen LogP contribution in [0.3, 0.4) is 0 Å². The molecule has 0 bridgehead atoms. The van der Waals surface area contributed by atoms with Gasteiger partial charge in [-0.15, -0.1) is 0 Å². The number of fused-ring (bicyclic) bond motifs is 1. The first-order valence-electron chi connectivity index (χ1n) is 10.1. The highest BCUT2D eigenvalue weighted by Gasteiger charge is 2.41. The minimum Gasteiger partial charge on any atom is -0.356 e. The number of hydrogen-bond donors (Lipinski definition) is 1. The van der Waals surface area contributed by atoms with Crippen molar-refractivity contribution < 1.29 is 22.8 Å². The molecule has 4 nitrogen and oxygen atoms in total. The highest BCUT2D eigenvalue weighted by molar-refractivity contribution is 5.78. The van der Waals surface area contributed by atoms with E-state index in [1.165, 1.54) is 29.8 Å². The topological polar surface area (TPSA) is 49.4 Å². The maximum atomic E-state index is 13.3. The van der Waals surface area contributed by atoms with Crippen LogP contribution in [0.4, 0.5) is 13.2 Å². The van der Waals surface area contributed by atoms with E-state index in [9.17, 15) is 22.8 Å². The first-order valence-corrected chi connectivity index (χ1v) is 10.1. The Kier molecular flexibility index (Phi) is 7.13. The van der Waals surface area contributed by atoms with Crippen LogP contribution >= 0.6 is 0 Å². The summed E-state index contributed by atoms with van der Waals surface area (Å²) in [5, 5.41) is 2.52. The van der Waals surface area contributed by atoms with Gasteiger partial charge in [0.2, 0.25) is 11.8 Å². The molecule has 0 aliphatic carbocycles. The summed E-state index contributed by atoms with van der Waals surface area (Å²) in [4.78, 5) is 26.3. The van der Waals surface area contributed by atoms with E-state index in [0.29, 0.717) is 19.5 Å². The van der Waals surface area contributed by atoms with Crippen LogP contribution in [0.1, 0.15) is 41.9 Å². The fourth-order valence-electron chi connectivity index (χ4n) is 3.70. The van der Waals surface area contributed by atoms with Gasteiger partial charge < -0.3 is 10.2 Å². The predicted molar refractivity (Wildman–Crippen MR) is 108 cm³/mol. The van der Waals surface area contributed by atoms with E-state index in [-0.39, 0.29) is 24.4 Å². The van der Waals surface area contributed by atoms with Crippen molar-refractivity contribution in [2.75, 3.05) is 13.1 Å². The van der Waals surface area contributed by atoms with Crippen LogP contribution in [0.2, 0.25) is 0 Å². The number of amides is 2. The molecule has 1 unspecified atom stereocenters. The molecule has 2 aromatic rings. The Bertz CT molecular complexity index is 868. The normalized spacial score (nSPS) is 14.7. The van der Waals surface area contributed by atoms with Crippen molar-refractivity contribution in [3.05, 3.63) is 71.3 Å². The van der Waals surface area contributed by atoms with Crippen LogP contribution in [-0.4, -0.2) is 36.0 Å². The molecule has 30 heavy (non-hydrogen) atoms. The second kappa shape index (κ2) is 9.78. The second-order valence-corrected chi connectivity index (χ2v) is 7.50. The van der Waals surface area contributed by atoms with Crippen molar-refractivity contribution in [3.63, 3.8) is 0 Å². The summed E-state index contributed by atoms with van der Waals surface area (Å²) in [7, 11) is 0. The molecule has 3 rings (SSSR count). The lowest BCUT2D eigenvalue weighted by atomic mass is 9.95. The van der Waals surface area contributed by atoms with Crippen LogP contribution in [-0.2, 0) is 22.6 Å². The first-order chi connectivity index (χ1) is 14.3. The first kappa shape index (κ1) is 21.9. The molecule has 160 valence electrons. The molecular weight excluding hydrogens is 393 g/mol. The zero-order valence-corrected chi connectivity index (χ0v) is 16.6. The molecule has 1 atom stereocenters. The number of benzene rings is 2. The van der Waals surface area contributed by atoms with E-state index in [1.807, 2.05) is 18.2 Å². The number of nitrogens with zero attached hydrogens (tertiary/aromatic N) is 1. The highest BCUT2D eigenvalue weighted by Crippen LogP contribution is 2.37. The Balaban J connectivity index is 1.43. The minimum atomic E-state index is -4.50. The number of nitrogens with one attached hydrogen (secondary N) is 1. The van der Waals surface area contributed by atoms with Crippen molar-refractivity contribution >= 4 is 11.8 Å². The van der Waals surface area contributed by atoms with Gasteiger partial charge in [-0.3, -0.25) is 9.59 Å². The summed E-state index contributed by atoms with van der Waals surface area (Å²) in [5.74, 6) is -2.51. The van der Waals surface area contributed by atoms with Crippen molar-refractivity contribution in [3.8, 4) is 0 Å². The van der Waals surface area contributed by atoms with Crippen LogP contribution in [0.5, 0.6) is 0 Å². The van der Waals surface area contributed by atoms with Crippen LogP contribution in [0, 0.1) is 0 Å². The molecule has 0 radical (unpaired) electrons. The van der Waals surface area contributed by atoms with Gasteiger partial charge in [0.1, 0.15) is 0 Å². The smallest absolute Gasteiger partial charge is 0.356 e. The molecular formula is C23H25F3N2O2. The third-order valence-electron chi connectivity index (χ3n) is 5.36. The quantitative estimate of drug-likeness (QED) is 0.685. The van der Waals surface area contributed by atoms with Gasteiger partial charge in [0.25, 0.3) is 0 Å². The molecule has 2 amide bonds. The van der Waals surface area contributed by atoms with Gasteiger partial charge in [-0.25, -0.2) is 0 Å². The van der Waals surface area contributed by atoms with Crippen molar-refractivity contribution in [1.29, 1.82) is 0 Å². The summed E-state index contributed by atoms with van der Waals surface area (Å²) in [6.45, 7) is 1.41. The van der Waals surface area contributed by atoms with E-state index in [4.69, 9.17) is 0 Å². The van der Waals surface area contributed by atoms with Gasteiger partial charge in [0.15, 0.2) is 0 Å².